The monoisotopic (exact) mass is 372 g/mol. The summed E-state index contributed by atoms with van der Waals surface area (Å²) in [5, 5.41) is 7.96. The molecule has 0 spiro atoms. The molecule has 0 aliphatic rings. The zero-order valence-corrected chi connectivity index (χ0v) is 14.8. The van der Waals surface area contributed by atoms with E-state index in [0.717, 1.165) is 30.5 Å². The molecule has 128 valence electrons. The second kappa shape index (κ2) is 8.40. The van der Waals surface area contributed by atoms with E-state index in [2.05, 4.69) is 10.2 Å². The highest BCUT2D eigenvalue weighted by atomic mass is 35.5. The third-order valence-corrected chi connectivity index (χ3v) is 4.05. The SMILES string of the molecule is CCCCOc1cc(F)c(N=Nc2c(Cl)ccc(C)c2Cl)c(F)c1. The van der Waals surface area contributed by atoms with Crippen molar-refractivity contribution in [3.63, 3.8) is 0 Å². The van der Waals surface area contributed by atoms with E-state index < -0.39 is 17.3 Å². The third kappa shape index (κ3) is 4.42. The van der Waals surface area contributed by atoms with E-state index in [1.54, 1.807) is 19.1 Å². The van der Waals surface area contributed by atoms with E-state index in [1.807, 2.05) is 6.92 Å². The van der Waals surface area contributed by atoms with Gasteiger partial charge in [-0.25, -0.2) is 8.78 Å². The minimum absolute atomic E-state index is 0.115. The molecule has 0 bridgehead atoms. The summed E-state index contributed by atoms with van der Waals surface area (Å²) in [6.45, 7) is 4.15. The van der Waals surface area contributed by atoms with E-state index in [-0.39, 0.29) is 21.5 Å². The lowest BCUT2D eigenvalue weighted by Gasteiger charge is -2.07. The van der Waals surface area contributed by atoms with Crippen LogP contribution in [0.15, 0.2) is 34.5 Å². The first-order valence-corrected chi connectivity index (χ1v) is 8.17. The fourth-order valence-corrected chi connectivity index (χ4v) is 2.34. The summed E-state index contributed by atoms with van der Waals surface area (Å²) < 4.78 is 33.4. The molecule has 2 aromatic rings. The van der Waals surface area contributed by atoms with Gasteiger partial charge in [0.15, 0.2) is 17.3 Å². The van der Waals surface area contributed by atoms with Gasteiger partial charge in [0, 0.05) is 12.1 Å². The molecule has 0 atom stereocenters. The summed E-state index contributed by atoms with van der Waals surface area (Å²) in [6, 6.07) is 5.46. The molecule has 0 saturated carbocycles. The Hall–Kier alpha value is -1.72. The Kier molecular flexibility index (Phi) is 6.52. The maximum absolute atomic E-state index is 14.1. The number of ether oxygens (including phenoxy) is 1. The van der Waals surface area contributed by atoms with Gasteiger partial charge in [-0.15, -0.1) is 10.2 Å². The first-order valence-electron chi connectivity index (χ1n) is 7.42. The number of nitrogens with zero attached hydrogens (tertiary/aromatic N) is 2. The number of halogens is 4. The molecule has 0 aliphatic carbocycles. The fourth-order valence-electron chi connectivity index (χ4n) is 1.89. The Morgan fingerprint density at radius 3 is 2.29 bits per heavy atom. The van der Waals surface area contributed by atoms with Gasteiger partial charge in [-0.05, 0) is 25.0 Å². The van der Waals surface area contributed by atoms with Crippen LogP contribution in [0.3, 0.4) is 0 Å². The number of azo groups is 1. The highest BCUT2D eigenvalue weighted by molar-refractivity contribution is 6.39. The van der Waals surface area contributed by atoms with Crippen LogP contribution >= 0.6 is 23.2 Å². The van der Waals surface area contributed by atoms with E-state index >= 15 is 0 Å². The summed E-state index contributed by atoms with van der Waals surface area (Å²) in [5.41, 5.74) is 0.377. The molecule has 0 aromatic heterocycles. The highest BCUT2D eigenvalue weighted by Gasteiger charge is 2.13. The molecule has 0 heterocycles. The van der Waals surface area contributed by atoms with Crippen LogP contribution in [0, 0.1) is 18.6 Å². The highest BCUT2D eigenvalue weighted by Crippen LogP contribution is 2.37. The average molecular weight is 373 g/mol. The van der Waals surface area contributed by atoms with Crippen LogP contribution in [0.2, 0.25) is 10.0 Å². The zero-order chi connectivity index (χ0) is 17.7. The number of unbranched alkanes of at least 4 members (excludes halogenated alkanes) is 1. The number of rotatable bonds is 6. The molecule has 0 N–H and O–H groups in total. The van der Waals surface area contributed by atoms with Crippen molar-refractivity contribution in [3.05, 3.63) is 51.5 Å². The summed E-state index contributed by atoms with van der Waals surface area (Å²) in [6.07, 6.45) is 1.73. The molecule has 24 heavy (non-hydrogen) atoms. The van der Waals surface area contributed by atoms with Crippen LogP contribution in [0.4, 0.5) is 20.2 Å². The summed E-state index contributed by atoms with van der Waals surface area (Å²) >= 11 is 12.1. The van der Waals surface area contributed by atoms with Crippen LogP contribution in [0.25, 0.3) is 0 Å². The van der Waals surface area contributed by atoms with Gasteiger partial charge in [-0.2, -0.15) is 0 Å². The zero-order valence-electron chi connectivity index (χ0n) is 13.2. The Morgan fingerprint density at radius 2 is 1.67 bits per heavy atom. The maximum atomic E-state index is 14.1. The van der Waals surface area contributed by atoms with E-state index in [4.69, 9.17) is 27.9 Å². The molecule has 0 unspecified atom stereocenters. The van der Waals surface area contributed by atoms with Crippen LogP contribution < -0.4 is 4.74 Å². The predicted octanol–water partition coefficient (Wildman–Crippen LogP) is 7.17. The molecular weight excluding hydrogens is 357 g/mol. The van der Waals surface area contributed by atoms with Gasteiger partial charge in [0.2, 0.25) is 0 Å². The third-order valence-electron chi connectivity index (χ3n) is 3.27. The molecule has 0 aliphatic heterocycles. The van der Waals surface area contributed by atoms with Gasteiger partial charge in [0.25, 0.3) is 0 Å². The maximum Gasteiger partial charge on any atom is 0.157 e. The van der Waals surface area contributed by atoms with Gasteiger partial charge in [0.05, 0.1) is 16.7 Å². The van der Waals surface area contributed by atoms with Gasteiger partial charge in [-0.1, -0.05) is 42.6 Å². The molecule has 0 saturated heterocycles. The first-order chi connectivity index (χ1) is 11.4. The van der Waals surface area contributed by atoms with Crippen molar-refractivity contribution >= 4 is 34.6 Å². The molecule has 0 radical (unpaired) electrons. The quantitative estimate of drug-likeness (QED) is 0.390. The van der Waals surface area contributed by atoms with E-state index in [9.17, 15) is 8.78 Å². The van der Waals surface area contributed by atoms with Crippen molar-refractivity contribution in [1.29, 1.82) is 0 Å². The second-order valence-electron chi connectivity index (χ2n) is 5.16. The molecule has 2 rings (SSSR count). The van der Waals surface area contributed by atoms with Crippen LogP contribution in [0.1, 0.15) is 25.3 Å². The first kappa shape index (κ1) is 18.6. The predicted molar refractivity (Wildman–Crippen MR) is 92.1 cm³/mol. The fraction of sp³-hybridized carbons (Fsp3) is 0.294. The van der Waals surface area contributed by atoms with Crippen LogP contribution in [-0.4, -0.2) is 6.61 Å². The molecule has 7 heteroatoms. The average Bonchev–Trinajstić information content (AvgIpc) is 2.53. The van der Waals surface area contributed by atoms with Gasteiger partial charge < -0.3 is 4.74 Å². The standard InChI is InChI=1S/C17H16Cl2F2N2O/c1-3-4-7-24-11-8-13(20)17(14(21)9-11)23-22-16-12(18)6-5-10(2)15(16)19/h5-6,8-9H,3-4,7H2,1-2H3. The summed E-state index contributed by atoms with van der Waals surface area (Å²) in [4.78, 5) is 0. The smallest absolute Gasteiger partial charge is 0.157 e. The molecular formula is C17H16Cl2F2N2O. The molecule has 2 aromatic carbocycles. The Balaban J connectivity index is 2.29. The van der Waals surface area contributed by atoms with E-state index in [1.165, 1.54) is 0 Å². The van der Waals surface area contributed by atoms with E-state index in [0.29, 0.717) is 6.61 Å². The molecule has 3 nitrogen and oxygen atoms in total. The summed E-state index contributed by atoms with van der Waals surface area (Å²) in [7, 11) is 0. The Bertz CT molecular complexity index is 743. The van der Waals surface area contributed by atoms with Crippen molar-refractivity contribution in [1.82, 2.24) is 0 Å². The molecule has 0 fully saturated rings. The number of hydrogen-bond donors (Lipinski definition) is 0. The minimum atomic E-state index is -0.870. The lowest BCUT2D eigenvalue weighted by Crippen LogP contribution is -1.97. The Labute approximate surface area is 149 Å². The van der Waals surface area contributed by atoms with Gasteiger partial charge >= 0.3 is 0 Å². The molecule has 0 amide bonds. The second-order valence-corrected chi connectivity index (χ2v) is 5.95. The van der Waals surface area contributed by atoms with Crippen LogP contribution in [0.5, 0.6) is 5.75 Å². The number of hydrogen-bond acceptors (Lipinski definition) is 3. The largest absolute Gasteiger partial charge is 0.493 e. The minimum Gasteiger partial charge on any atom is -0.493 e. The van der Waals surface area contributed by atoms with Crippen molar-refractivity contribution in [3.8, 4) is 5.75 Å². The Morgan fingerprint density at radius 1 is 1.04 bits per heavy atom. The summed E-state index contributed by atoms with van der Waals surface area (Å²) in [5.74, 6) is -1.63. The van der Waals surface area contributed by atoms with Crippen molar-refractivity contribution in [2.45, 2.75) is 26.7 Å². The lowest BCUT2D eigenvalue weighted by atomic mass is 10.2. The van der Waals surface area contributed by atoms with Gasteiger partial charge in [-0.3, -0.25) is 0 Å². The number of benzene rings is 2. The van der Waals surface area contributed by atoms with Crippen LogP contribution in [-0.2, 0) is 0 Å². The van der Waals surface area contributed by atoms with Gasteiger partial charge in [0.1, 0.15) is 11.4 Å². The number of aryl methyl sites for hydroxylation is 1. The topological polar surface area (TPSA) is 34.0 Å². The van der Waals surface area contributed by atoms with Crippen molar-refractivity contribution in [2.24, 2.45) is 10.2 Å². The normalized spacial score (nSPS) is 11.2. The van der Waals surface area contributed by atoms with Crippen molar-refractivity contribution < 1.29 is 13.5 Å². The lowest BCUT2D eigenvalue weighted by molar-refractivity contribution is 0.306. The van der Waals surface area contributed by atoms with Crippen molar-refractivity contribution in [2.75, 3.05) is 6.61 Å².